The van der Waals surface area contributed by atoms with Gasteiger partial charge in [-0.1, -0.05) is 30.3 Å². The van der Waals surface area contributed by atoms with Crippen LogP contribution in [-0.4, -0.2) is 35.6 Å². The molecule has 0 aliphatic rings. The number of aromatic amines is 1. The maximum atomic E-state index is 12.9. The van der Waals surface area contributed by atoms with Gasteiger partial charge >= 0.3 is 0 Å². The number of H-pyrrole nitrogens is 1. The highest BCUT2D eigenvalue weighted by atomic mass is 16.3. The first kappa shape index (κ1) is 19.3. The van der Waals surface area contributed by atoms with Crippen LogP contribution in [0.3, 0.4) is 0 Å². The van der Waals surface area contributed by atoms with E-state index in [4.69, 9.17) is 0 Å². The van der Waals surface area contributed by atoms with E-state index in [9.17, 15) is 9.90 Å². The van der Waals surface area contributed by atoms with Crippen molar-refractivity contribution in [3.05, 3.63) is 108 Å². The Morgan fingerprint density at radius 2 is 1.80 bits per heavy atom. The van der Waals surface area contributed by atoms with Crippen LogP contribution < -0.4 is 0 Å². The van der Waals surface area contributed by atoms with E-state index < -0.39 is 0 Å². The fourth-order valence-electron chi connectivity index (χ4n) is 3.26. The van der Waals surface area contributed by atoms with Crippen LogP contribution in [0.5, 0.6) is 0 Å². The van der Waals surface area contributed by atoms with Crippen molar-refractivity contribution in [1.82, 2.24) is 24.7 Å². The van der Waals surface area contributed by atoms with Crippen LogP contribution in [0, 0.1) is 0 Å². The van der Waals surface area contributed by atoms with Gasteiger partial charge in [0.1, 0.15) is 6.33 Å². The molecule has 30 heavy (non-hydrogen) atoms. The third-order valence-corrected chi connectivity index (χ3v) is 4.78. The van der Waals surface area contributed by atoms with Crippen molar-refractivity contribution >= 4 is 11.5 Å². The summed E-state index contributed by atoms with van der Waals surface area (Å²) in [5.41, 5.74) is 3.84. The number of aliphatic hydroxyl groups is 1. The summed E-state index contributed by atoms with van der Waals surface area (Å²) in [6.45, 7) is 0.534. The van der Waals surface area contributed by atoms with Crippen molar-refractivity contribution in [3.8, 4) is 0 Å². The minimum absolute atomic E-state index is 0.153. The zero-order valence-electron chi connectivity index (χ0n) is 16.3. The molecule has 0 bridgehead atoms. The lowest BCUT2D eigenvalue weighted by Gasteiger charge is -2.07. The average molecular weight is 399 g/mol. The van der Waals surface area contributed by atoms with Crippen molar-refractivity contribution in [1.29, 1.82) is 0 Å². The van der Waals surface area contributed by atoms with Crippen molar-refractivity contribution in [3.63, 3.8) is 0 Å². The number of ketones is 1. The van der Waals surface area contributed by atoms with Crippen LogP contribution in [0.4, 0.5) is 0 Å². The molecule has 2 N–H and O–H groups in total. The van der Waals surface area contributed by atoms with Gasteiger partial charge in [-0.05, 0) is 47.7 Å². The van der Waals surface area contributed by atoms with Gasteiger partial charge in [0.2, 0.25) is 5.78 Å². The molecular weight excluding hydrogens is 378 g/mol. The Morgan fingerprint density at radius 3 is 2.53 bits per heavy atom. The Kier molecular flexibility index (Phi) is 5.80. The largest absolute Gasteiger partial charge is 0.504 e. The van der Waals surface area contributed by atoms with Crippen molar-refractivity contribution in [2.45, 2.75) is 19.4 Å². The quantitative estimate of drug-likeness (QED) is 0.268. The molecule has 0 aliphatic heterocycles. The second-order valence-corrected chi connectivity index (χ2v) is 6.93. The highest BCUT2D eigenvalue weighted by molar-refractivity contribution is 6.06. The predicted molar refractivity (Wildman–Crippen MR) is 113 cm³/mol. The molecule has 0 unspecified atom stereocenters. The number of aromatic nitrogens is 5. The topological polar surface area (TPSA) is 96.7 Å². The molecular formula is C23H21N5O2. The van der Waals surface area contributed by atoms with Gasteiger partial charge in [-0.2, -0.15) is 5.10 Å². The molecule has 7 heteroatoms. The van der Waals surface area contributed by atoms with E-state index in [2.05, 4.69) is 32.3 Å². The third-order valence-electron chi connectivity index (χ3n) is 4.78. The maximum absolute atomic E-state index is 12.9. The number of carbonyl (C=O) groups is 1. The summed E-state index contributed by atoms with van der Waals surface area (Å²) < 4.78 is 1.90. The molecule has 150 valence electrons. The van der Waals surface area contributed by atoms with Crippen LogP contribution >= 0.6 is 0 Å². The molecule has 1 aromatic carbocycles. The molecule has 0 saturated heterocycles. The number of hydrogen-bond acceptors (Lipinski definition) is 5. The van der Waals surface area contributed by atoms with Gasteiger partial charge in [-0.15, -0.1) is 0 Å². The van der Waals surface area contributed by atoms with Gasteiger partial charge in [0.05, 0.1) is 5.69 Å². The molecule has 0 spiro atoms. The molecule has 0 radical (unpaired) electrons. The lowest BCUT2D eigenvalue weighted by atomic mass is 10.1. The fraction of sp³-hybridized carbons (Fsp3) is 0.130. The van der Waals surface area contributed by atoms with E-state index >= 15 is 0 Å². The van der Waals surface area contributed by atoms with Crippen molar-refractivity contribution < 1.29 is 9.90 Å². The monoisotopic (exact) mass is 399 g/mol. The number of allylic oxidation sites excluding steroid dienone is 1. The first-order valence-corrected chi connectivity index (χ1v) is 9.61. The SMILES string of the molecule is O=C(C=C(O)c1ncn[nH]1)c1cc(CCc2ccccc2)cn1Cc1ccncc1. The zero-order valence-corrected chi connectivity index (χ0v) is 16.3. The van der Waals surface area contributed by atoms with Crippen LogP contribution in [0.2, 0.25) is 0 Å². The van der Waals surface area contributed by atoms with Crippen molar-refractivity contribution in [2.75, 3.05) is 0 Å². The Labute approximate surface area is 173 Å². The summed E-state index contributed by atoms with van der Waals surface area (Å²) in [5.74, 6) is -0.399. The molecule has 0 amide bonds. The standard InChI is InChI=1S/C23H21N5O2/c29-21(13-22(30)23-25-16-26-27-23)20-12-19(7-6-17-4-2-1-3-5-17)15-28(20)14-18-8-10-24-11-9-18/h1-5,8-13,15-16,30H,6-7,14H2,(H,25,26,27). The highest BCUT2D eigenvalue weighted by Gasteiger charge is 2.15. The molecule has 3 heterocycles. The summed E-state index contributed by atoms with van der Waals surface area (Å²) in [6, 6.07) is 16.0. The number of benzene rings is 1. The van der Waals surface area contributed by atoms with E-state index in [0.717, 1.165) is 24.0 Å². The minimum atomic E-state index is -0.302. The third kappa shape index (κ3) is 4.70. The van der Waals surface area contributed by atoms with E-state index in [-0.39, 0.29) is 17.4 Å². The van der Waals surface area contributed by atoms with Crippen molar-refractivity contribution in [2.24, 2.45) is 0 Å². The zero-order chi connectivity index (χ0) is 20.8. The summed E-state index contributed by atoms with van der Waals surface area (Å²) in [6.07, 6.45) is 9.59. The lowest BCUT2D eigenvalue weighted by Crippen LogP contribution is -2.08. The molecule has 0 saturated carbocycles. The van der Waals surface area contributed by atoms with Gasteiger partial charge in [-0.3, -0.25) is 14.9 Å². The first-order chi connectivity index (χ1) is 14.7. The summed E-state index contributed by atoms with van der Waals surface area (Å²) in [5, 5.41) is 16.4. The van der Waals surface area contributed by atoms with Gasteiger partial charge in [0, 0.05) is 31.2 Å². The number of nitrogens with zero attached hydrogens (tertiary/aromatic N) is 4. The molecule has 4 rings (SSSR count). The second-order valence-electron chi connectivity index (χ2n) is 6.93. The summed E-state index contributed by atoms with van der Waals surface area (Å²) in [7, 11) is 0. The number of aliphatic hydroxyl groups excluding tert-OH is 1. The second kappa shape index (κ2) is 9.00. The Balaban J connectivity index is 1.60. The number of pyridine rings is 1. The molecule has 7 nitrogen and oxygen atoms in total. The average Bonchev–Trinajstić information content (AvgIpc) is 3.44. The fourth-order valence-corrected chi connectivity index (χ4v) is 3.26. The number of rotatable bonds is 8. The minimum Gasteiger partial charge on any atom is -0.504 e. The number of hydrogen-bond donors (Lipinski definition) is 2. The van der Waals surface area contributed by atoms with Gasteiger partial charge in [0.15, 0.2) is 11.6 Å². The van der Waals surface area contributed by atoms with Crippen LogP contribution in [0.1, 0.15) is 33.0 Å². The predicted octanol–water partition coefficient (Wildman–Crippen LogP) is 3.62. The molecule has 0 aliphatic carbocycles. The van der Waals surface area contributed by atoms with Crippen LogP contribution in [0.15, 0.2) is 79.5 Å². The molecule has 0 atom stereocenters. The van der Waals surface area contributed by atoms with E-state index in [1.54, 1.807) is 12.4 Å². The molecule has 0 fully saturated rings. The number of aryl methyl sites for hydroxylation is 2. The van der Waals surface area contributed by atoms with Gasteiger partial charge in [0.25, 0.3) is 0 Å². The van der Waals surface area contributed by atoms with Gasteiger partial charge in [-0.25, -0.2) is 4.98 Å². The van der Waals surface area contributed by atoms with Crippen LogP contribution in [0.25, 0.3) is 5.76 Å². The first-order valence-electron chi connectivity index (χ1n) is 9.61. The maximum Gasteiger partial charge on any atom is 0.206 e. The molecule has 3 aromatic heterocycles. The van der Waals surface area contributed by atoms with Gasteiger partial charge < -0.3 is 9.67 Å². The van der Waals surface area contributed by atoms with E-state index in [1.165, 1.54) is 18.0 Å². The Morgan fingerprint density at radius 1 is 1.03 bits per heavy atom. The van der Waals surface area contributed by atoms with E-state index in [1.807, 2.05) is 47.2 Å². The molecule has 4 aromatic rings. The number of carbonyl (C=O) groups excluding carboxylic acids is 1. The summed E-state index contributed by atoms with van der Waals surface area (Å²) in [4.78, 5) is 20.8. The smallest absolute Gasteiger partial charge is 0.206 e. The Hall–Kier alpha value is -4.00. The number of nitrogens with one attached hydrogen (secondary N) is 1. The lowest BCUT2D eigenvalue weighted by molar-refractivity contribution is 0.103. The highest BCUT2D eigenvalue weighted by Crippen LogP contribution is 2.17. The van der Waals surface area contributed by atoms with E-state index in [0.29, 0.717) is 12.2 Å². The summed E-state index contributed by atoms with van der Waals surface area (Å²) >= 11 is 0. The van der Waals surface area contributed by atoms with Crippen LogP contribution in [-0.2, 0) is 19.4 Å². The normalized spacial score (nSPS) is 11.5. The Bertz CT molecular complexity index is 1130.